The van der Waals surface area contributed by atoms with Gasteiger partial charge in [0.1, 0.15) is 17.8 Å². The lowest BCUT2D eigenvalue weighted by Crippen LogP contribution is -2.53. The smallest absolute Gasteiger partial charge is 0.225 e. The Morgan fingerprint density at radius 1 is 1.33 bits per heavy atom. The topological polar surface area (TPSA) is 94.0 Å². The second-order valence-corrected chi connectivity index (χ2v) is 7.75. The fourth-order valence-electron chi connectivity index (χ4n) is 4.34. The summed E-state index contributed by atoms with van der Waals surface area (Å²) in [6.45, 7) is 2.90. The average molecular weight is 370 g/mol. The minimum atomic E-state index is 0.00448. The summed E-state index contributed by atoms with van der Waals surface area (Å²) in [5.41, 5.74) is 1.68. The summed E-state index contributed by atoms with van der Waals surface area (Å²) in [7, 11) is 1.62. The molecule has 144 valence electrons. The molecule has 4 rings (SSSR count). The van der Waals surface area contributed by atoms with Crippen molar-refractivity contribution in [1.82, 2.24) is 25.5 Å². The zero-order valence-corrected chi connectivity index (χ0v) is 15.8. The molecule has 1 saturated heterocycles. The number of nitrogens with zero attached hydrogens (tertiary/aromatic N) is 4. The molecule has 2 N–H and O–H groups in total. The summed E-state index contributed by atoms with van der Waals surface area (Å²) in [5, 5.41) is 17.9. The van der Waals surface area contributed by atoms with Crippen LogP contribution in [0, 0.1) is 17.8 Å². The Kier molecular flexibility index (Phi) is 4.96. The quantitative estimate of drug-likeness (QED) is 0.836. The third-order valence-corrected chi connectivity index (χ3v) is 5.87. The normalized spacial score (nSPS) is 27.6. The van der Waals surface area contributed by atoms with Crippen molar-refractivity contribution < 1.29 is 9.53 Å². The van der Waals surface area contributed by atoms with Crippen molar-refractivity contribution in [3.63, 3.8) is 0 Å². The van der Waals surface area contributed by atoms with Gasteiger partial charge in [-0.15, -0.1) is 5.10 Å². The molecule has 0 spiro atoms. The van der Waals surface area contributed by atoms with Crippen LogP contribution in [0.5, 0.6) is 5.75 Å². The second kappa shape index (κ2) is 7.54. The monoisotopic (exact) mass is 370 g/mol. The number of benzene rings is 1. The van der Waals surface area contributed by atoms with Crippen molar-refractivity contribution >= 4 is 11.6 Å². The van der Waals surface area contributed by atoms with E-state index < -0.39 is 0 Å². The van der Waals surface area contributed by atoms with Gasteiger partial charge in [-0.25, -0.2) is 0 Å². The number of carbonyl (C=O) groups excluding carboxylic acids is 1. The Morgan fingerprint density at radius 2 is 2.22 bits per heavy atom. The highest BCUT2D eigenvalue weighted by molar-refractivity contribution is 5.80. The lowest BCUT2D eigenvalue weighted by molar-refractivity contribution is -0.129. The van der Waals surface area contributed by atoms with Crippen molar-refractivity contribution in [3.05, 3.63) is 24.5 Å². The number of carbonyl (C=O) groups is 1. The van der Waals surface area contributed by atoms with Crippen LogP contribution in [0.15, 0.2) is 24.5 Å². The molecule has 8 nitrogen and oxygen atoms in total. The highest BCUT2D eigenvalue weighted by Crippen LogP contribution is 2.36. The standard InChI is InChI=1S/C19H26N6O2/c1-12-3-4-13-8-14(19(26)22-16(13)7-12)10-20-15-5-6-17(18(9-15)27-2)25-11-21-23-24-25/h5-6,9,11-14,16,20H,3-4,7-8,10H2,1-2H3,(H,22,26). The molecule has 1 saturated carbocycles. The number of aromatic nitrogens is 4. The number of hydrogen-bond acceptors (Lipinski definition) is 6. The van der Waals surface area contributed by atoms with Gasteiger partial charge in [-0.05, 0) is 53.7 Å². The molecule has 2 fully saturated rings. The van der Waals surface area contributed by atoms with Gasteiger partial charge in [0.25, 0.3) is 0 Å². The van der Waals surface area contributed by atoms with Crippen LogP contribution < -0.4 is 15.4 Å². The molecule has 4 unspecified atom stereocenters. The van der Waals surface area contributed by atoms with E-state index >= 15 is 0 Å². The SMILES string of the molecule is COc1cc(NCC2CC3CCC(C)CC3NC2=O)ccc1-n1cnnn1. The maximum absolute atomic E-state index is 12.5. The first-order valence-corrected chi connectivity index (χ1v) is 9.59. The molecular formula is C19H26N6O2. The number of methoxy groups -OCH3 is 1. The zero-order valence-electron chi connectivity index (χ0n) is 15.8. The predicted molar refractivity (Wildman–Crippen MR) is 101 cm³/mol. The minimum Gasteiger partial charge on any atom is -0.494 e. The van der Waals surface area contributed by atoms with Crippen LogP contribution in [0.2, 0.25) is 0 Å². The van der Waals surface area contributed by atoms with Crippen LogP contribution in [-0.2, 0) is 4.79 Å². The fourth-order valence-corrected chi connectivity index (χ4v) is 4.34. The number of rotatable bonds is 5. The first kappa shape index (κ1) is 17.8. The van der Waals surface area contributed by atoms with Crippen LogP contribution in [0.25, 0.3) is 5.69 Å². The summed E-state index contributed by atoms with van der Waals surface area (Å²) in [5.74, 6) is 2.18. The van der Waals surface area contributed by atoms with Gasteiger partial charge in [-0.2, -0.15) is 4.68 Å². The van der Waals surface area contributed by atoms with E-state index in [4.69, 9.17) is 4.74 Å². The van der Waals surface area contributed by atoms with Gasteiger partial charge in [-0.3, -0.25) is 4.79 Å². The predicted octanol–water partition coefficient (Wildman–Crippen LogP) is 2.02. The second-order valence-electron chi connectivity index (χ2n) is 7.75. The molecule has 0 bridgehead atoms. The van der Waals surface area contributed by atoms with E-state index in [0.29, 0.717) is 30.2 Å². The number of anilines is 1. The molecule has 2 aliphatic rings. The lowest BCUT2D eigenvalue weighted by Gasteiger charge is -2.41. The van der Waals surface area contributed by atoms with E-state index in [0.717, 1.165) is 24.2 Å². The third-order valence-electron chi connectivity index (χ3n) is 5.87. The molecule has 27 heavy (non-hydrogen) atoms. The maximum atomic E-state index is 12.5. The van der Waals surface area contributed by atoms with Gasteiger partial charge in [0.05, 0.1) is 13.0 Å². The Bertz CT molecular complexity index is 794. The number of tetrazole rings is 1. The van der Waals surface area contributed by atoms with Gasteiger partial charge in [0.15, 0.2) is 0 Å². The Labute approximate surface area is 158 Å². The van der Waals surface area contributed by atoms with Crippen molar-refractivity contribution in [2.45, 2.75) is 38.6 Å². The van der Waals surface area contributed by atoms with Crippen molar-refractivity contribution in [3.8, 4) is 11.4 Å². The van der Waals surface area contributed by atoms with Crippen LogP contribution in [0.4, 0.5) is 5.69 Å². The summed E-state index contributed by atoms with van der Waals surface area (Å²) >= 11 is 0. The Hall–Kier alpha value is -2.64. The van der Waals surface area contributed by atoms with E-state index in [-0.39, 0.29) is 11.8 Å². The third kappa shape index (κ3) is 3.74. The average Bonchev–Trinajstić information content (AvgIpc) is 3.20. The summed E-state index contributed by atoms with van der Waals surface area (Å²) < 4.78 is 7.02. The molecule has 1 aromatic heterocycles. The molecule has 1 aliphatic carbocycles. The first-order chi connectivity index (χ1) is 13.1. The summed E-state index contributed by atoms with van der Waals surface area (Å²) in [4.78, 5) is 12.5. The van der Waals surface area contributed by atoms with Crippen LogP contribution in [0.1, 0.15) is 32.6 Å². The summed E-state index contributed by atoms with van der Waals surface area (Å²) in [6.07, 6.45) is 6.10. The van der Waals surface area contributed by atoms with Crippen LogP contribution in [0.3, 0.4) is 0 Å². The highest BCUT2D eigenvalue weighted by atomic mass is 16.5. The molecule has 4 atom stereocenters. The van der Waals surface area contributed by atoms with Crippen molar-refractivity contribution in [2.24, 2.45) is 17.8 Å². The number of piperidine rings is 1. The van der Waals surface area contributed by atoms with Crippen LogP contribution >= 0.6 is 0 Å². The van der Waals surface area contributed by atoms with Gasteiger partial charge in [-0.1, -0.05) is 13.3 Å². The first-order valence-electron chi connectivity index (χ1n) is 9.59. The van der Waals surface area contributed by atoms with E-state index in [9.17, 15) is 4.79 Å². The van der Waals surface area contributed by atoms with E-state index in [1.807, 2.05) is 18.2 Å². The highest BCUT2D eigenvalue weighted by Gasteiger charge is 2.38. The van der Waals surface area contributed by atoms with E-state index in [2.05, 4.69) is 33.1 Å². The number of ether oxygens (including phenoxy) is 1. The molecule has 8 heteroatoms. The van der Waals surface area contributed by atoms with Crippen LogP contribution in [-0.4, -0.2) is 45.8 Å². The molecule has 2 aromatic rings. The molecule has 2 heterocycles. The molecule has 1 aliphatic heterocycles. The minimum absolute atomic E-state index is 0.00448. The maximum Gasteiger partial charge on any atom is 0.225 e. The van der Waals surface area contributed by atoms with E-state index in [1.54, 1.807) is 11.8 Å². The summed E-state index contributed by atoms with van der Waals surface area (Å²) in [6, 6.07) is 6.12. The lowest BCUT2D eigenvalue weighted by atomic mass is 9.72. The number of amides is 1. The molecule has 1 aromatic carbocycles. The fraction of sp³-hybridized carbons (Fsp3) is 0.579. The Balaban J connectivity index is 1.40. The zero-order chi connectivity index (χ0) is 18.8. The van der Waals surface area contributed by atoms with Crippen molar-refractivity contribution in [2.75, 3.05) is 19.0 Å². The van der Waals surface area contributed by atoms with Gasteiger partial charge in [0, 0.05) is 24.3 Å². The molecular weight excluding hydrogens is 344 g/mol. The largest absolute Gasteiger partial charge is 0.494 e. The van der Waals surface area contributed by atoms with Gasteiger partial charge in [0.2, 0.25) is 5.91 Å². The molecule has 1 amide bonds. The van der Waals surface area contributed by atoms with Gasteiger partial charge < -0.3 is 15.4 Å². The molecule has 0 radical (unpaired) electrons. The number of nitrogens with one attached hydrogen (secondary N) is 2. The van der Waals surface area contributed by atoms with Crippen molar-refractivity contribution in [1.29, 1.82) is 0 Å². The van der Waals surface area contributed by atoms with Gasteiger partial charge >= 0.3 is 0 Å². The number of fused-ring (bicyclic) bond motifs is 1. The van der Waals surface area contributed by atoms with E-state index in [1.165, 1.54) is 19.2 Å². The number of hydrogen-bond donors (Lipinski definition) is 2. The Morgan fingerprint density at radius 3 is 3.00 bits per heavy atom.